The highest BCUT2D eigenvalue weighted by atomic mass is 35.5. The van der Waals surface area contributed by atoms with Crippen molar-refractivity contribution in [1.82, 2.24) is 4.98 Å². The molecule has 0 aliphatic carbocycles. The number of benzene rings is 2. The molecule has 2 N–H and O–H groups in total. The van der Waals surface area contributed by atoms with E-state index in [2.05, 4.69) is 15.6 Å². The van der Waals surface area contributed by atoms with Crippen LogP contribution >= 0.6 is 34.5 Å². The van der Waals surface area contributed by atoms with E-state index in [9.17, 15) is 18.0 Å². The summed E-state index contributed by atoms with van der Waals surface area (Å²) in [5, 5.41) is 7.66. The lowest BCUT2D eigenvalue weighted by atomic mass is 10.1. The fraction of sp³-hybridized carbons (Fsp3) is 0.150. The Morgan fingerprint density at radius 2 is 1.88 bits per heavy atom. The molecule has 2 amide bonds. The van der Waals surface area contributed by atoms with Gasteiger partial charge in [-0.3, -0.25) is 13.9 Å². The van der Waals surface area contributed by atoms with Gasteiger partial charge in [-0.1, -0.05) is 23.2 Å². The molecule has 1 fully saturated rings. The minimum Gasteiger partial charge on any atom is -0.362 e. The highest BCUT2D eigenvalue weighted by molar-refractivity contribution is 7.92. The minimum atomic E-state index is -3.61. The number of carbonyl (C=O) groups excluding carboxylic acids is 2. The third-order valence-corrected chi connectivity index (χ3v) is 7.53. The first-order valence-corrected chi connectivity index (χ1v) is 12.7. The second kappa shape index (κ2) is 9.65. The number of carbonyl (C=O) groups is 2. The standard InChI is InChI=1S/C20H16Cl2N4O5S2/c21-15-4-1-12(9-17(15)25-19(28)20-23-5-8-32-20)24-18(27)14-3-2-13(10-16(14)22)26-6-7-31-11-33(26,29)30/h1-5,8-10H,6-7,11H2,(H,24,27)(H,25,28). The molecule has 2 heterocycles. The number of anilines is 3. The first-order valence-electron chi connectivity index (χ1n) is 9.44. The van der Waals surface area contributed by atoms with Gasteiger partial charge in [0.15, 0.2) is 10.9 Å². The number of ether oxygens (including phenoxy) is 1. The molecular formula is C20H16Cl2N4O5S2. The zero-order valence-electron chi connectivity index (χ0n) is 16.7. The van der Waals surface area contributed by atoms with E-state index in [0.29, 0.717) is 17.1 Å². The SMILES string of the molecule is O=C(Nc1cc(NC(=O)c2ccc(N3CCOCS3(=O)=O)cc2Cl)ccc1Cl)c1nccs1. The number of amides is 2. The Labute approximate surface area is 203 Å². The van der Waals surface area contributed by atoms with Crippen LogP contribution in [0, 0.1) is 0 Å². The molecule has 0 bridgehead atoms. The lowest BCUT2D eigenvalue weighted by Crippen LogP contribution is -2.41. The molecule has 1 saturated heterocycles. The molecule has 1 aliphatic rings. The number of aromatic nitrogens is 1. The van der Waals surface area contributed by atoms with Crippen LogP contribution < -0.4 is 14.9 Å². The molecule has 0 saturated carbocycles. The first kappa shape index (κ1) is 23.5. The van der Waals surface area contributed by atoms with Crippen LogP contribution in [0.3, 0.4) is 0 Å². The Morgan fingerprint density at radius 1 is 1.06 bits per heavy atom. The summed E-state index contributed by atoms with van der Waals surface area (Å²) in [6.45, 7) is 0.418. The predicted octanol–water partition coefficient (Wildman–Crippen LogP) is 4.08. The van der Waals surface area contributed by atoms with Crippen molar-refractivity contribution in [2.75, 3.05) is 34.0 Å². The Hall–Kier alpha value is -2.70. The number of rotatable bonds is 5. The smallest absolute Gasteiger partial charge is 0.284 e. The van der Waals surface area contributed by atoms with Gasteiger partial charge in [-0.15, -0.1) is 11.3 Å². The zero-order valence-corrected chi connectivity index (χ0v) is 19.9. The predicted molar refractivity (Wildman–Crippen MR) is 128 cm³/mol. The number of hydrogen-bond donors (Lipinski definition) is 2. The molecule has 4 rings (SSSR count). The average Bonchev–Trinajstić information content (AvgIpc) is 3.31. The van der Waals surface area contributed by atoms with E-state index < -0.39 is 27.8 Å². The van der Waals surface area contributed by atoms with E-state index in [4.69, 9.17) is 27.9 Å². The van der Waals surface area contributed by atoms with Gasteiger partial charge in [0.05, 0.1) is 40.1 Å². The summed E-state index contributed by atoms with van der Waals surface area (Å²) >= 11 is 13.6. The van der Waals surface area contributed by atoms with Crippen LogP contribution in [0.4, 0.5) is 17.1 Å². The average molecular weight is 527 g/mol. The Morgan fingerprint density at radius 3 is 2.58 bits per heavy atom. The molecular weight excluding hydrogens is 511 g/mol. The van der Waals surface area contributed by atoms with Gasteiger partial charge in [0.2, 0.25) is 0 Å². The Bertz CT molecular complexity index is 1320. The number of hydrogen-bond acceptors (Lipinski definition) is 7. The molecule has 172 valence electrons. The highest BCUT2D eigenvalue weighted by Crippen LogP contribution is 2.29. The summed E-state index contributed by atoms with van der Waals surface area (Å²) in [5.41, 5.74) is 1.16. The summed E-state index contributed by atoms with van der Waals surface area (Å²) in [7, 11) is -3.61. The summed E-state index contributed by atoms with van der Waals surface area (Å²) in [6.07, 6.45) is 1.52. The molecule has 1 aromatic heterocycles. The van der Waals surface area contributed by atoms with Crippen molar-refractivity contribution in [2.24, 2.45) is 0 Å². The monoisotopic (exact) mass is 526 g/mol. The van der Waals surface area contributed by atoms with E-state index in [1.807, 2.05) is 0 Å². The maximum atomic E-state index is 12.8. The minimum absolute atomic E-state index is 0.0814. The van der Waals surface area contributed by atoms with Crippen molar-refractivity contribution in [1.29, 1.82) is 0 Å². The van der Waals surface area contributed by atoms with Crippen molar-refractivity contribution < 1.29 is 22.7 Å². The van der Waals surface area contributed by atoms with Gasteiger partial charge in [0.1, 0.15) is 0 Å². The second-order valence-corrected chi connectivity index (χ2v) is 10.4. The van der Waals surface area contributed by atoms with E-state index in [1.54, 1.807) is 11.4 Å². The van der Waals surface area contributed by atoms with Crippen molar-refractivity contribution >= 4 is 73.4 Å². The second-order valence-electron chi connectivity index (χ2n) is 6.81. The van der Waals surface area contributed by atoms with E-state index in [-0.39, 0.29) is 33.8 Å². The van der Waals surface area contributed by atoms with Crippen LogP contribution in [0.15, 0.2) is 48.0 Å². The molecule has 1 aliphatic heterocycles. The normalized spacial score (nSPS) is 15.2. The lowest BCUT2D eigenvalue weighted by molar-refractivity contribution is 0.101. The maximum Gasteiger partial charge on any atom is 0.284 e. The molecule has 2 aromatic carbocycles. The molecule has 0 unspecified atom stereocenters. The maximum absolute atomic E-state index is 12.8. The number of sulfonamides is 1. The quantitative estimate of drug-likeness (QED) is 0.517. The largest absolute Gasteiger partial charge is 0.362 e. The molecule has 3 aromatic rings. The summed E-state index contributed by atoms with van der Waals surface area (Å²) in [5.74, 6) is -1.35. The van der Waals surface area contributed by atoms with Crippen molar-refractivity contribution in [2.45, 2.75) is 0 Å². The van der Waals surface area contributed by atoms with E-state index in [1.165, 1.54) is 52.2 Å². The van der Waals surface area contributed by atoms with Gasteiger partial charge < -0.3 is 15.4 Å². The Kier molecular flexibility index (Phi) is 6.86. The number of nitrogens with zero attached hydrogens (tertiary/aromatic N) is 2. The molecule has 0 spiro atoms. The van der Waals surface area contributed by atoms with Gasteiger partial charge in [0, 0.05) is 17.3 Å². The van der Waals surface area contributed by atoms with Crippen molar-refractivity contribution in [3.05, 3.63) is 68.6 Å². The molecule has 33 heavy (non-hydrogen) atoms. The zero-order chi connectivity index (χ0) is 23.6. The van der Waals surface area contributed by atoms with Crippen LogP contribution in [-0.4, -0.2) is 44.3 Å². The van der Waals surface area contributed by atoms with Crippen LogP contribution in [0.2, 0.25) is 10.0 Å². The number of halogens is 2. The van der Waals surface area contributed by atoms with Gasteiger partial charge in [0.25, 0.3) is 21.8 Å². The Balaban J connectivity index is 1.51. The van der Waals surface area contributed by atoms with Crippen LogP contribution in [0.25, 0.3) is 0 Å². The molecule has 0 radical (unpaired) electrons. The van der Waals surface area contributed by atoms with E-state index in [0.717, 1.165) is 0 Å². The van der Waals surface area contributed by atoms with Crippen LogP contribution in [0.5, 0.6) is 0 Å². The number of thiazole rings is 1. The van der Waals surface area contributed by atoms with Gasteiger partial charge in [-0.2, -0.15) is 0 Å². The summed E-state index contributed by atoms with van der Waals surface area (Å²) in [4.78, 5) is 29.0. The molecule has 9 nitrogen and oxygen atoms in total. The van der Waals surface area contributed by atoms with Gasteiger partial charge in [-0.05, 0) is 36.4 Å². The topological polar surface area (TPSA) is 118 Å². The van der Waals surface area contributed by atoms with E-state index >= 15 is 0 Å². The third kappa shape index (κ3) is 5.28. The fourth-order valence-electron chi connectivity index (χ4n) is 3.06. The van der Waals surface area contributed by atoms with Crippen molar-refractivity contribution in [3.63, 3.8) is 0 Å². The van der Waals surface area contributed by atoms with Gasteiger partial charge in [-0.25, -0.2) is 13.4 Å². The van der Waals surface area contributed by atoms with Crippen LogP contribution in [-0.2, 0) is 14.8 Å². The van der Waals surface area contributed by atoms with Crippen LogP contribution in [0.1, 0.15) is 20.2 Å². The highest BCUT2D eigenvalue weighted by Gasteiger charge is 2.27. The van der Waals surface area contributed by atoms with Gasteiger partial charge >= 0.3 is 0 Å². The summed E-state index contributed by atoms with van der Waals surface area (Å²) in [6, 6.07) is 8.98. The first-order chi connectivity index (χ1) is 15.7. The lowest BCUT2D eigenvalue weighted by Gasteiger charge is -2.28. The fourth-order valence-corrected chi connectivity index (χ4v) is 5.25. The van der Waals surface area contributed by atoms with Crippen molar-refractivity contribution in [3.8, 4) is 0 Å². The number of nitrogens with one attached hydrogen (secondary N) is 2. The molecule has 13 heteroatoms. The molecule has 0 atom stereocenters. The third-order valence-electron chi connectivity index (χ3n) is 4.59. The summed E-state index contributed by atoms with van der Waals surface area (Å²) < 4.78 is 30.6.